The molecule has 1 aromatic rings. The summed E-state index contributed by atoms with van der Waals surface area (Å²) in [5, 5.41) is -1.27. The van der Waals surface area contributed by atoms with Crippen molar-refractivity contribution in [3.63, 3.8) is 0 Å². The first kappa shape index (κ1) is 12.1. The standard InChI is InChI=1S/C7H2Cl2F3NO2/c8-4-1-3(6(9)14)2-5(13-4)15-7(10,11)12/h1-2H. The van der Waals surface area contributed by atoms with E-state index in [0.717, 1.165) is 12.1 Å². The Labute approximate surface area is 91.8 Å². The molecule has 0 aliphatic heterocycles. The van der Waals surface area contributed by atoms with Crippen molar-refractivity contribution in [3.05, 3.63) is 22.8 Å². The first-order valence-corrected chi connectivity index (χ1v) is 4.17. The van der Waals surface area contributed by atoms with Crippen LogP contribution in [0.3, 0.4) is 0 Å². The minimum atomic E-state index is -4.90. The minimum absolute atomic E-state index is 0.226. The molecule has 0 atom stereocenters. The average Bonchev–Trinajstić information content (AvgIpc) is 1.99. The molecule has 8 heteroatoms. The molecule has 0 aliphatic rings. The van der Waals surface area contributed by atoms with Gasteiger partial charge in [0.2, 0.25) is 5.88 Å². The number of rotatable bonds is 2. The number of carbonyl (C=O) groups is 1. The Kier molecular flexibility index (Phi) is 3.41. The Morgan fingerprint density at radius 1 is 1.40 bits per heavy atom. The number of hydrogen-bond donors (Lipinski definition) is 0. The molecule has 0 spiro atoms. The third kappa shape index (κ3) is 3.93. The number of aromatic nitrogens is 1. The van der Waals surface area contributed by atoms with Crippen LogP contribution in [-0.2, 0) is 0 Å². The Morgan fingerprint density at radius 3 is 2.47 bits per heavy atom. The Hall–Kier alpha value is -1.01. The first-order valence-electron chi connectivity index (χ1n) is 3.41. The van der Waals surface area contributed by atoms with Gasteiger partial charge in [0.05, 0.1) is 0 Å². The molecule has 0 amide bonds. The van der Waals surface area contributed by atoms with Gasteiger partial charge in [0, 0.05) is 11.6 Å². The van der Waals surface area contributed by atoms with E-state index in [2.05, 4.69) is 9.72 Å². The lowest BCUT2D eigenvalue weighted by Gasteiger charge is -2.08. The van der Waals surface area contributed by atoms with Crippen LogP contribution in [-0.4, -0.2) is 16.6 Å². The van der Waals surface area contributed by atoms with E-state index < -0.39 is 17.5 Å². The fraction of sp³-hybridized carbons (Fsp3) is 0.143. The van der Waals surface area contributed by atoms with E-state index in [1.807, 2.05) is 0 Å². The predicted octanol–water partition coefficient (Wildman–Crippen LogP) is 3.01. The van der Waals surface area contributed by atoms with Crippen LogP contribution in [0.25, 0.3) is 0 Å². The van der Waals surface area contributed by atoms with Crippen LogP contribution in [0.1, 0.15) is 10.4 Å². The summed E-state index contributed by atoms with van der Waals surface area (Å²) in [5.41, 5.74) is -0.226. The van der Waals surface area contributed by atoms with Gasteiger partial charge < -0.3 is 4.74 Å². The summed E-state index contributed by atoms with van der Waals surface area (Å²) < 4.78 is 38.8. The zero-order valence-electron chi connectivity index (χ0n) is 6.81. The van der Waals surface area contributed by atoms with Gasteiger partial charge in [-0.15, -0.1) is 13.2 Å². The minimum Gasteiger partial charge on any atom is -0.388 e. The van der Waals surface area contributed by atoms with E-state index in [1.165, 1.54) is 0 Å². The number of pyridine rings is 1. The molecular weight excluding hydrogens is 258 g/mol. The third-order valence-electron chi connectivity index (χ3n) is 1.22. The molecule has 15 heavy (non-hydrogen) atoms. The quantitative estimate of drug-likeness (QED) is 0.606. The summed E-state index contributed by atoms with van der Waals surface area (Å²) in [6.07, 6.45) is -4.90. The highest BCUT2D eigenvalue weighted by Crippen LogP contribution is 2.24. The van der Waals surface area contributed by atoms with Crippen LogP contribution < -0.4 is 4.74 Å². The van der Waals surface area contributed by atoms with Gasteiger partial charge >= 0.3 is 6.36 Å². The van der Waals surface area contributed by atoms with Crippen molar-refractivity contribution < 1.29 is 22.7 Å². The van der Waals surface area contributed by atoms with Crippen molar-refractivity contribution in [3.8, 4) is 5.88 Å². The van der Waals surface area contributed by atoms with Crippen molar-refractivity contribution in [1.29, 1.82) is 0 Å². The van der Waals surface area contributed by atoms with Gasteiger partial charge in [0.15, 0.2) is 0 Å². The summed E-state index contributed by atoms with van der Waals surface area (Å²) in [6, 6.07) is 1.77. The largest absolute Gasteiger partial charge is 0.574 e. The van der Waals surface area contributed by atoms with Crippen LogP contribution in [0.4, 0.5) is 13.2 Å². The van der Waals surface area contributed by atoms with Crippen molar-refractivity contribution in [2.24, 2.45) is 0 Å². The SMILES string of the molecule is O=C(Cl)c1cc(Cl)nc(OC(F)(F)F)c1. The summed E-state index contributed by atoms with van der Waals surface area (Å²) in [7, 11) is 0. The maximum Gasteiger partial charge on any atom is 0.574 e. The molecule has 1 heterocycles. The Morgan fingerprint density at radius 2 is 2.00 bits per heavy atom. The highest BCUT2D eigenvalue weighted by Gasteiger charge is 2.32. The second kappa shape index (κ2) is 4.24. The van der Waals surface area contributed by atoms with Gasteiger partial charge in [0.1, 0.15) is 5.15 Å². The number of alkyl halides is 3. The summed E-state index contributed by atoms with van der Waals surface area (Å²) in [5.74, 6) is -0.834. The summed E-state index contributed by atoms with van der Waals surface area (Å²) >= 11 is 10.4. The van der Waals surface area contributed by atoms with E-state index >= 15 is 0 Å². The van der Waals surface area contributed by atoms with Gasteiger partial charge in [0.25, 0.3) is 5.24 Å². The van der Waals surface area contributed by atoms with E-state index in [1.54, 1.807) is 0 Å². The van der Waals surface area contributed by atoms with Gasteiger partial charge in [-0.1, -0.05) is 11.6 Å². The number of nitrogens with zero attached hydrogens (tertiary/aromatic N) is 1. The molecule has 82 valence electrons. The van der Waals surface area contributed by atoms with Crippen molar-refractivity contribution in [1.82, 2.24) is 4.98 Å². The van der Waals surface area contributed by atoms with Gasteiger partial charge in [-0.25, -0.2) is 4.98 Å². The molecule has 0 aliphatic carbocycles. The molecule has 0 saturated heterocycles. The molecule has 1 aromatic heterocycles. The molecule has 0 aromatic carbocycles. The molecular formula is C7H2Cl2F3NO2. The van der Waals surface area contributed by atoms with Crippen LogP contribution >= 0.6 is 23.2 Å². The fourth-order valence-corrected chi connectivity index (χ4v) is 1.07. The predicted molar refractivity (Wildman–Crippen MR) is 46.1 cm³/mol. The molecule has 0 N–H and O–H groups in total. The normalized spacial score (nSPS) is 11.3. The third-order valence-corrected chi connectivity index (χ3v) is 1.63. The topological polar surface area (TPSA) is 39.2 Å². The molecule has 0 saturated carbocycles. The zero-order chi connectivity index (χ0) is 11.6. The van der Waals surface area contributed by atoms with Gasteiger partial charge in [-0.3, -0.25) is 4.79 Å². The smallest absolute Gasteiger partial charge is 0.388 e. The first-order chi connectivity index (χ1) is 6.78. The number of ether oxygens (including phenoxy) is 1. The van der Waals surface area contributed by atoms with E-state index in [9.17, 15) is 18.0 Å². The lowest BCUT2D eigenvalue weighted by atomic mass is 10.3. The highest BCUT2D eigenvalue weighted by molar-refractivity contribution is 6.67. The zero-order valence-corrected chi connectivity index (χ0v) is 8.32. The lowest BCUT2D eigenvalue weighted by molar-refractivity contribution is -0.276. The second-order valence-corrected chi connectivity index (χ2v) is 3.07. The molecule has 0 unspecified atom stereocenters. The Balaban J connectivity index is 3.04. The summed E-state index contributed by atoms with van der Waals surface area (Å²) in [6.45, 7) is 0. The van der Waals surface area contributed by atoms with Gasteiger partial charge in [-0.05, 0) is 17.7 Å². The van der Waals surface area contributed by atoms with Crippen LogP contribution in [0.2, 0.25) is 5.15 Å². The lowest BCUT2D eigenvalue weighted by Crippen LogP contribution is -2.18. The van der Waals surface area contributed by atoms with Crippen LogP contribution in [0.5, 0.6) is 5.88 Å². The van der Waals surface area contributed by atoms with Crippen molar-refractivity contribution in [2.45, 2.75) is 6.36 Å². The molecule has 3 nitrogen and oxygen atoms in total. The second-order valence-electron chi connectivity index (χ2n) is 2.34. The van der Waals surface area contributed by atoms with E-state index in [0.29, 0.717) is 0 Å². The molecule has 0 fully saturated rings. The monoisotopic (exact) mass is 259 g/mol. The van der Waals surface area contributed by atoms with Crippen molar-refractivity contribution in [2.75, 3.05) is 0 Å². The maximum absolute atomic E-state index is 11.8. The molecule has 0 radical (unpaired) electrons. The number of carbonyl (C=O) groups excluding carboxylic acids is 1. The van der Waals surface area contributed by atoms with Gasteiger partial charge in [-0.2, -0.15) is 0 Å². The van der Waals surface area contributed by atoms with E-state index in [-0.39, 0.29) is 10.7 Å². The molecule has 0 bridgehead atoms. The Bertz CT molecular complexity index is 394. The average molecular weight is 260 g/mol. The highest BCUT2D eigenvalue weighted by atomic mass is 35.5. The van der Waals surface area contributed by atoms with Crippen LogP contribution in [0.15, 0.2) is 12.1 Å². The van der Waals surface area contributed by atoms with Crippen LogP contribution in [0, 0.1) is 0 Å². The van der Waals surface area contributed by atoms with E-state index in [4.69, 9.17) is 23.2 Å². The maximum atomic E-state index is 11.8. The number of halogens is 5. The van der Waals surface area contributed by atoms with Crippen molar-refractivity contribution >= 4 is 28.4 Å². The number of hydrogen-bond acceptors (Lipinski definition) is 3. The summed E-state index contributed by atoms with van der Waals surface area (Å²) in [4.78, 5) is 13.9. The molecule has 1 rings (SSSR count). The fourth-order valence-electron chi connectivity index (χ4n) is 0.757.